The van der Waals surface area contributed by atoms with Crippen LogP contribution in [0.5, 0.6) is 0 Å². The predicted molar refractivity (Wildman–Crippen MR) is 50.0 cm³/mol. The molecular formula is C8H17N5. The fourth-order valence-corrected chi connectivity index (χ4v) is 1.19. The predicted octanol–water partition coefficient (Wildman–Crippen LogP) is 0.488. The molecule has 0 aliphatic heterocycles. The van der Waals surface area contributed by atoms with Gasteiger partial charge < -0.3 is 5.32 Å². The van der Waals surface area contributed by atoms with Crippen LogP contribution < -0.4 is 5.32 Å². The highest BCUT2D eigenvalue weighted by Gasteiger charge is 2.03. The van der Waals surface area contributed by atoms with E-state index < -0.39 is 0 Å². The van der Waals surface area contributed by atoms with E-state index in [1.54, 1.807) is 7.05 Å². The van der Waals surface area contributed by atoms with Crippen molar-refractivity contribution in [1.29, 1.82) is 0 Å². The second-order valence-electron chi connectivity index (χ2n) is 3.27. The number of rotatable bonds is 5. The quantitative estimate of drug-likeness (QED) is 0.721. The monoisotopic (exact) mass is 183 g/mol. The molecule has 0 radical (unpaired) electrons. The average molecular weight is 183 g/mol. The van der Waals surface area contributed by atoms with Crippen molar-refractivity contribution in [1.82, 2.24) is 25.5 Å². The summed E-state index contributed by atoms with van der Waals surface area (Å²) in [7, 11) is 1.77. The van der Waals surface area contributed by atoms with Gasteiger partial charge in [-0.2, -0.15) is 4.80 Å². The van der Waals surface area contributed by atoms with E-state index in [1.165, 1.54) is 17.6 Å². The average Bonchev–Trinajstić information content (AvgIpc) is 2.49. The van der Waals surface area contributed by atoms with E-state index in [0.29, 0.717) is 12.6 Å². The number of hydrogen-bond donors (Lipinski definition) is 1. The zero-order valence-electron chi connectivity index (χ0n) is 8.49. The molecule has 1 unspecified atom stereocenters. The maximum absolute atomic E-state index is 4.07. The summed E-state index contributed by atoms with van der Waals surface area (Å²) < 4.78 is 0. The van der Waals surface area contributed by atoms with E-state index in [2.05, 4.69) is 34.6 Å². The summed E-state index contributed by atoms with van der Waals surface area (Å²) in [5.41, 5.74) is 0. The van der Waals surface area contributed by atoms with Gasteiger partial charge >= 0.3 is 0 Å². The third-order valence-electron chi connectivity index (χ3n) is 1.88. The minimum atomic E-state index is 0.522. The first-order valence-corrected chi connectivity index (χ1v) is 4.68. The number of tetrazole rings is 1. The van der Waals surface area contributed by atoms with Crippen LogP contribution in [0.2, 0.25) is 0 Å². The fourth-order valence-electron chi connectivity index (χ4n) is 1.19. The molecule has 0 fully saturated rings. The van der Waals surface area contributed by atoms with Crippen molar-refractivity contribution < 1.29 is 0 Å². The summed E-state index contributed by atoms with van der Waals surface area (Å²) in [6.45, 7) is 5.05. The Hall–Kier alpha value is -0.970. The van der Waals surface area contributed by atoms with Crippen molar-refractivity contribution in [3.8, 4) is 0 Å². The van der Waals surface area contributed by atoms with Crippen LogP contribution in [0.3, 0.4) is 0 Å². The van der Waals surface area contributed by atoms with E-state index in [9.17, 15) is 0 Å². The smallest absolute Gasteiger partial charge is 0.188 e. The normalized spacial score (nSPS) is 13.2. The molecule has 0 aliphatic carbocycles. The second kappa shape index (κ2) is 4.91. The van der Waals surface area contributed by atoms with E-state index in [4.69, 9.17) is 0 Å². The van der Waals surface area contributed by atoms with Crippen LogP contribution >= 0.6 is 0 Å². The molecule has 0 spiro atoms. The van der Waals surface area contributed by atoms with Crippen molar-refractivity contribution in [2.45, 2.75) is 39.3 Å². The van der Waals surface area contributed by atoms with Gasteiger partial charge in [0.25, 0.3) is 0 Å². The molecule has 13 heavy (non-hydrogen) atoms. The Balaban J connectivity index is 2.26. The Labute approximate surface area is 78.5 Å². The van der Waals surface area contributed by atoms with Gasteiger partial charge in [0.15, 0.2) is 5.82 Å². The molecule has 1 atom stereocenters. The second-order valence-corrected chi connectivity index (χ2v) is 3.27. The van der Waals surface area contributed by atoms with E-state index in [-0.39, 0.29) is 0 Å². The lowest BCUT2D eigenvalue weighted by molar-refractivity contribution is 0.498. The van der Waals surface area contributed by atoms with Crippen molar-refractivity contribution in [2.24, 2.45) is 7.05 Å². The topological polar surface area (TPSA) is 55.6 Å². The van der Waals surface area contributed by atoms with Crippen LogP contribution in [0.1, 0.15) is 32.5 Å². The van der Waals surface area contributed by atoms with E-state index in [0.717, 1.165) is 5.82 Å². The minimum Gasteiger partial charge on any atom is -0.307 e. The molecule has 1 aromatic heterocycles. The lowest BCUT2D eigenvalue weighted by atomic mass is 10.2. The van der Waals surface area contributed by atoms with Crippen LogP contribution in [0.25, 0.3) is 0 Å². The van der Waals surface area contributed by atoms with Crippen LogP contribution in [-0.2, 0) is 13.6 Å². The first-order valence-electron chi connectivity index (χ1n) is 4.68. The summed E-state index contributed by atoms with van der Waals surface area (Å²) >= 11 is 0. The molecule has 5 heteroatoms. The highest BCUT2D eigenvalue weighted by Crippen LogP contribution is 1.95. The number of aryl methyl sites for hydroxylation is 1. The van der Waals surface area contributed by atoms with Gasteiger partial charge in [-0.25, -0.2) is 0 Å². The van der Waals surface area contributed by atoms with Crippen LogP contribution in [-0.4, -0.2) is 26.2 Å². The maximum atomic E-state index is 4.07. The van der Waals surface area contributed by atoms with Crippen molar-refractivity contribution in [3.63, 3.8) is 0 Å². The SMILES string of the molecule is CCCC(C)NCc1nnn(C)n1. The Bertz CT molecular complexity index is 244. The van der Waals surface area contributed by atoms with Gasteiger partial charge in [-0.15, -0.1) is 10.2 Å². The fraction of sp³-hybridized carbons (Fsp3) is 0.875. The molecule has 74 valence electrons. The molecule has 1 rings (SSSR count). The summed E-state index contributed by atoms with van der Waals surface area (Å²) in [5, 5.41) is 15.1. The molecule has 5 nitrogen and oxygen atoms in total. The molecule has 0 amide bonds. The number of nitrogens with one attached hydrogen (secondary N) is 1. The standard InChI is InChI=1S/C8H17N5/c1-4-5-7(2)9-6-8-10-12-13(3)11-8/h7,9H,4-6H2,1-3H3. The molecule has 0 aliphatic rings. The number of nitrogens with zero attached hydrogens (tertiary/aromatic N) is 4. The molecule has 0 saturated heterocycles. The maximum Gasteiger partial charge on any atom is 0.188 e. The van der Waals surface area contributed by atoms with Gasteiger partial charge in [-0.3, -0.25) is 0 Å². The highest BCUT2D eigenvalue weighted by atomic mass is 15.6. The van der Waals surface area contributed by atoms with Gasteiger partial charge in [-0.1, -0.05) is 13.3 Å². The molecule has 1 N–H and O–H groups in total. The molecule has 1 heterocycles. The zero-order chi connectivity index (χ0) is 9.68. The molecule has 1 aromatic rings. The first kappa shape index (κ1) is 10.1. The van der Waals surface area contributed by atoms with Gasteiger partial charge in [0.2, 0.25) is 0 Å². The third kappa shape index (κ3) is 3.50. The van der Waals surface area contributed by atoms with Crippen molar-refractivity contribution in [3.05, 3.63) is 5.82 Å². The van der Waals surface area contributed by atoms with Gasteiger partial charge in [0, 0.05) is 6.04 Å². The summed E-state index contributed by atoms with van der Waals surface area (Å²) in [5.74, 6) is 0.755. The Morgan fingerprint density at radius 3 is 2.85 bits per heavy atom. The summed E-state index contributed by atoms with van der Waals surface area (Å²) in [4.78, 5) is 1.47. The number of hydrogen-bond acceptors (Lipinski definition) is 4. The molecule has 0 saturated carbocycles. The van der Waals surface area contributed by atoms with Crippen molar-refractivity contribution in [2.75, 3.05) is 0 Å². The van der Waals surface area contributed by atoms with Gasteiger partial charge in [0.05, 0.1) is 13.6 Å². The van der Waals surface area contributed by atoms with Gasteiger partial charge in [-0.05, 0) is 18.6 Å². The lowest BCUT2D eigenvalue weighted by Crippen LogP contribution is -2.25. The summed E-state index contributed by atoms with van der Waals surface area (Å²) in [6, 6.07) is 0.522. The minimum absolute atomic E-state index is 0.522. The Morgan fingerprint density at radius 1 is 1.54 bits per heavy atom. The summed E-state index contributed by atoms with van der Waals surface area (Å²) in [6.07, 6.45) is 2.38. The largest absolute Gasteiger partial charge is 0.307 e. The Morgan fingerprint density at radius 2 is 2.31 bits per heavy atom. The molecule has 0 bridgehead atoms. The lowest BCUT2D eigenvalue weighted by Gasteiger charge is -2.09. The molecule has 0 aromatic carbocycles. The van der Waals surface area contributed by atoms with Gasteiger partial charge in [0.1, 0.15) is 0 Å². The van der Waals surface area contributed by atoms with Crippen LogP contribution in [0, 0.1) is 0 Å². The van der Waals surface area contributed by atoms with E-state index >= 15 is 0 Å². The number of aromatic nitrogens is 4. The van der Waals surface area contributed by atoms with E-state index in [1.807, 2.05) is 0 Å². The van der Waals surface area contributed by atoms with Crippen LogP contribution in [0.4, 0.5) is 0 Å². The molecular weight excluding hydrogens is 166 g/mol. The third-order valence-corrected chi connectivity index (χ3v) is 1.88. The Kier molecular flexibility index (Phi) is 3.82. The van der Waals surface area contributed by atoms with Crippen LogP contribution in [0.15, 0.2) is 0 Å². The van der Waals surface area contributed by atoms with Crippen molar-refractivity contribution >= 4 is 0 Å². The zero-order valence-corrected chi connectivity index (χ0v) is 8.49. The highest BCUT2D eigenvalue weighted by molar-refractivity contribution is 4.76. The first-order chi connectivity index (χ1) is 6.22.